The fourth-order valence-electron chi connectivity index (χ4n) is 2.09. The van der Waals surface area contributed by atoms with Crippen LogP contribution in [0.25, 0.3) is 0 Å². The van der Waals surface area contributed by atoms with Crippen LogP contribution in [0.3, 0.4) is 0 Å². The van der Waals surface area contributed by atoms with Crippen LogP contribution >= 0.6 is 0 Å². The zero-order valence-corrected chi connectivity index (χ0v) is 9.63. The molecule has 0 radical (unpaired) electrons. The van der Waals surface area contributed by atoms with E-state index in [1.807, 2.05) is 0 Å². The van der Waals surface area contributed by atoms with Crippen LogP contribution in [0.2, 0.25) is 0 Å². The van der Waals surface area contributed by atoms with Gasteiger partial charge < -0.3 is 5.32 Å². The molecule has 0 amide bonds. The van der Waals surface area contributed by atoms with E-state index in [4.69, 9.17) is 0 Å². The lowest BCUT2D eigenvalue weighted by Gasteiger charge is -2.32. The molecule has 1 fully saturated rings. The highest BCUT2D eigenvalue weighted by molar-refractivity contribution is 4.84. The molecule has 1 heterocycles. The van der Waals surface area contributed by atoms with Gasteiger partial charge >= 0.3 is 0 Å². The van der Waals surface area contributed by atoms with Crippen molar-refractivity contribution >= 4 is 0 Å². The third-order valence-corrected chi connectivity index (χ3v) is 2.89. The second-order valence-corrected chi connectivity index (χ2v) is 4.14. The summed E-state index contributed by atoms with van der Waals surface area (Å²) in [5.74, 6) is 0.869. The molecule has 2 nitrogen and oxygen atoms in total. The fourth-order valence-corrected chi connectivity index (χ4v) is 2.09. The lowest BCUT2D eigenvalue weighted by molar-refractivity contribution is 0.188. The molecule has 0 aliphatic carbocycles. The van der Waals surface area contributed by atoms with Crippen molar-refractivity contribution in [2.24, 2.45) is 5.92 Å². The van der Waals surface area contributed by atoms with E-state index in [1.54, 1.807) is 0 Å². The molecule has 0 bridgehead atoms. The van der Waals surface area contributed by atoms with Crippen molar-refractivity contribution in [3.8, 4) is 0 Å². The van der Waals surface area contributed by atoms with E-state index in [0.29, 0.717) is 0 Å². The van der Waals surface area contributed by atoms with Gasteiger partial charge in [0.1, 0.15) is 0 Å². The van der Waals surface area contributed by atoms with Crippen LogP contribution in [-0.4, -0.2) is 37.6 Å². The van der Waals surface area contributed by atoms with Gasteiger partial charge in [-0.05, 0) is 45.3 Å². The first-order chi connectivity index (χ1) is 6.86. The molecule has 1 atom stereocenters. The summed E-state index contributed by atoms with van der Waals surface area (Å²) in [6.07, 6.45) is 7.18. The summed E-state index contributed by atoms with van der Waals surface area (Å²) in [4.78, 5) is 2.56. The van der Waals surface area contributed by atoms with E-state index in [9.17, 15) is 0 Å². The molecule has 0 saturated carbocycles. The molecule has 0 aromatic heterocycles. The minimum Gasteiger partial charge on any atom is -0.317 e. The average Bonchev–Trinajstić information content (AvgIpc) is 2.24. The Kier molecular flexibility index (Phi) is 5.88. The monoisotopic (exact) mass is 196 g/mol. The van der Waals surface area contributed by atoms with Crippen LogP contribution in [0.15, 0.2) is 12.2 Å². The zero-order chi connectivity index (χ0) is 10.2. The van der Waals surface area contributed by atoms with E-state index < -0.39 is 0 Å². The highest BCUT2D eigenvalue weighted by Gasteiger charge is 2.17. The number of nitrogens with zero attached hydrogens (tertiary/aromatic N) is 1. The lowest BCUT2D eigenvalue weighted by atomic mass is 9.98. The highest BCUT2D eigenvalue weighted by atomic mass is 15.1. The molecule has 1 N–H and O–H groups in total. The maximum absolute atomic E-state index is 3.45. The maximum atomic E-state index is 3.45. The largest absolute Gasteiger partial charge is 0.317 e. The smallest absolute Gasteiger partial charge is 0.0163 e. The third kappa shape index (κ3) is 4.25. The second-order valence-electron chi connectivity index (χ2n) is 4.14. The van der Waals surface area contributed by atoms with Gasteiger partial charge in [0.2, 0.25) is 0 Å². The maximum Gasteiger partial charge on any atom is 0.0163 e. The number of likely N-dealkylation sites (tertiary alicyclic amines) is 1. The molecule has 0 spiro atoms. The van der Waals surface area contributed by atoms with Gasteiger partial charge in [-0.3, -0.25) is 4.90 Å². The summed E-state index contributed by atoms with van der Waals surface area (Å²) in [6.45, 7) is 10.3. The topological polar surface area (TPSA) is 15.3 Å². The molecule has 82 valence electrons. The predicted octanol–water partition coefficient (Wildman–Crippen LogP) is 1.88. The van der Waals surface area contributed by atoms with Gasteiger partial charge in [-0.15, -0.1) is 0 Å². The Morgan fingerprint density at radius 2 is 2.36 bits per heavy atom. The first kappa shape index (κ1) is 11.7. The number of nitrogens with one attached hydrogen (secondary N) is 1. The van der Waals surface area contributed by atoms with Crippen molar-refractivity contribution in [2.45, 2.75) is 26.7 Å². The molecule has 0 aromatic carbocycles. The molecule has 1 aliphatic heterocycles. The molecular weight excluding hydrogens is 172 g/mol. The van der Waals surface area contributed by atoms with Gasteiger partial charge in [0, 0.05) is 13.1 Å². The van der Waals surface area contributed by atoms with Crippen LogP contribution in [0.1, 0.15) is 26.7 Å². The first-order valence-electron chi connectivity index (χ1n) is 5.91. The summed E-state index contributed by atoms with van der Waals surface area (Å²) in [7, 11) is 0. The van der Waals surface area contributed by atoms with Crippen LogP contribution in [0.5, 0.6) is 0 Å². The third-order valence-electron chi connectivity index (χ3n) is 2.89. The summed E-state index contributed by atoms with van der Waals surface area (Å²) in [6, 6.07) is 0. The van der Waals surface area contributed by atoms with Crippen LogP contribution in [0.4, 0.5) is 0 Å². The molecule has 0 aromatic rings. The summed E-state index contributed by atoms with van der Waals surface area (Å²) in [5, 5.41) is 3.45. The Balaban J connectivity index is 2.21. The van der Waals surface area contributed by atoms with E-state index in [2.05, 4.69) is 36.2 Å². The predicted molar refractivity (Wildman–Crippen MR) is 62.5 cm³/mol. The molecule has 1 aliphatic rings. The molecule has 14 heavy (non-hydrogen) atoms. The second kappa shape index (κ2) is 7.02. The van der Waals surface area contributed by atoms with Crippen molar-refractivity contribution in [1.29, 1.82) is 0 Å². The standard InChI is InChI=1S/C12H24N2/c1-3-5-8-14-9-6-7-12(11-14)10-13-4-2/h3,5,12-13H,4,6-11H2,1-2H3. The van der Waals surface area contributed by atoms with Crippen LogP contribution in [-0.2, 0) is 0 Å². The van der Waals surface area contributed by atoms with Crippen molar-refractivity contribution in [3.63, 3.8) is 0 Å². The molecule has 1 saturated heterocycles. The highest BCUT2D eigenvalue weighted by Crippen LogP contribution is 2.15. The van der Waals surface area contributed by atoms with E-state index in [0.717, 1.165) is 19.0 Å². The Bertz CT molecular complexity index is 166. The molecule has 1 unspecified atom stereocenters. The zero-order valence-electron chi connectivity index (χ0n) is 9.63. The summed E-state index contributed by atoms with van der Waals surface area (Å²) in [5.41, 5.74) is 0. The lowest BCUT2D eigenvalue weighted by Crippen LogP contribution is -2.39. The number of piperidine rings is 1. The Hall–Kier alpha value is -0.340. The Morgan fingerprint density at radius 1 is 1.50 bits per heavy atom. The van der Waals surface area contributed by atoms with Crippen LogP contribution < -0.4 is 5.32 Å². The van der Waals surface area contributed by atoms with Gasteiger partial charge in [-0.1, -0.05) is 19.1 Å². The van der Waals surface area contributed by atoms with E-state index in [1.165, 1.54) is 32.5 Å². The summed E-state index contributed by atoms with van der Waals surface area (Å²) >= 11 is 0. The van der Waals surface area contributed by atoms with Crippen molar-refractivity contribution < 1.29 is 0 Å². The number of hydrogen-bond donors (Lipinski definition) is 1. The number of allylic oxidation sites excluding steroid dienone is 1. The first-order valence-corrected chi connectivity index (χ1v) is 5.91. The quantitative estimate of drug-likeness (QED) is 0.675. The fraction of sp³-hybridized carbons (Fsp3) is 0.833. The van der Waals surface area contributed by atoms with Crippen molar-refractivity contribution in [2.75, 3.05) is 32.7 Å². The number of hydrogen-bond acceptors (Lipinski definition) is 2. The SMILES string of the molecule is CC=CCN1CCCC(CNCC)C1. The van der Waals surface area contributed by atoms with Gasteiger partial charge in [0.25, 0.3) is 0 Å². The van der Waals surface area contributed by atoms with Gasteiger partial charge in [0.15, 0.2) is 0 Å². The Labute approximate surface area is 88.4 Å². The van der Waals surface area contributed by atoms with Crippen molar-refractivity contribution in [3.05, 3.63) is 12.2 Å². The van der Waals surface area contributed by atoms with Gasteiger partial charge in [-0.2, -0.15) is 0 Å². The normalized spacial score (nSPS) is 24.6. The van der Waals surface area contributed by atoms with Crippen molar-refractivity contribution in [1.82, 2.24) is 10.2 Å². The average molecular weight is 196 g/mol. The minimum absolute atomic E-state index is 0.869. The Morgan fingerprint density at radius 3 is 3.07 bits per heavy atom. The summed E-state index contributed by atoms with van der Waals surface area (Å²) < 4.78 is 0. The molecule has 1 rings (SSSR count). The van der Waals surface area contributed by atoms with Crippen LogP contribution in [0, 0.1) is 5.92 Å². The minimum atomic E-state index is 0.869. The van der Waals surface area contributed by atoms with Gasteiger partial charge in [-0.25, -0.2) is 0 Å². The van der Waals surface area contributed by atoms with Gasteiger partial charge in [0.05, 0.1) is 0 Å². The van der Waals surface area contributed by atoms with E-state index >= 15 is 0 Å². The molecule has 2 heteroatoms. The van der Waals surface area contributed by atoms with E-state index in [-0.39, 0.29) is 0 Å². The number of rotatable bonds is 5. The molecular formula is C12H24N2.